The molecule has 0 saturated carbocycles. The molecule has 0 saturated heterocycles. The van der Waals surface area contributed by atoms with E-state index >= 15 is 0 Å². The Morgan fingerprint density at radius 3 is 1.83 bits per heavy atom. The van der Waals surface area contributed by atoms with E-state index in [1.807, 2.05) is 0 Å². The molecule has 0 aromatic rings. The van der Waals surface area contributed by atoms with Crippen LogP contribution in [0.5, 0.6) is 0 Å². The van der Waals surface area contributed by atoms with Crippen molar-refractivity contribution in [1.29, 1.82) is 0 Å². The molecular formula is C6H10KO4P. The number of rotatable bonds is 6. The molecule has 0 aliphatic heterocycles. The van der Waals surface area contributed by atoms with Gasteiger partial charge in [-0.3, -0.25) is 4.57 Å². The van der Waals surface area contributed by atoms with Crippen molar-refractivity contribution in [1.82, 2.24) is 0 Å². The number of phosphoric ester groups is 1. The van der Waals surface area contributed by atoms with E-state index in [2.05, 4.69) is 22.2 Å². The summed E-state index contributed by atoms with van der Waals surface area (Å²) in [5.74, 6) is 0. The summed E-state index contributed by atoms with van der Waals surface area (Å²) in [4.78, 5) is 10.6. The Hall–Kier alpha value is 1.23. The van der Waals surface area contributed by atoms with Crippen LogP contribution < -0.4 is 56.3 Å². The molecule has 4 nitrogen and oxygen atoms in total. The molecule has 0 aliphatic carbocycles. The smallest absolute Gasteiger partial charge is 0.756 e. The quantitative estimate of drug-likeness (QED) is 0.289. The van der Waals surface area contributed by atoms with E-state index < -0.39 is 7.82 Å². The average molecular weight is 216 g/mol. The maximum atomic E-state index is 10.6. The van der Waals surface area contributed by atoms with E-state index in [1.54, 1.807) is 0 Å². The number of hydrogen-bond acceptors (Lipinski definition) is 4. The number of hydrogen-bond donors (Lipinski definition) is 0. The summed E-state index contributed by atoms with van der Waals surface area (Å²) in [5, 5.41) is 0. The zero-order valence-electron chi connectivity index (χ0n) is 7.06. The van der Waals surface area contributed by atoms with Gasteiger partial charge in [-0.25, -0.2) is 0 Å². The minimum absolute atomic E-state index is 0. The SMILES string of the molecule is C=CCOP(=O)([O-])OCC=C.[K+]. The average Bonchev–Trinajstić information content (AvgIpc) is 1.97. The van der Waals surface area contributed by atoms with Crippen LogP contribution in [0.25, 0.3) is 0 Å². The van der Waals surface area contributed by atoms with Gasteiger partial charge in [0.2, 0.25) is 0 Å². The predicted octanol–water partition coefficient (Wildman–Crippen LogP) is -2.14. The fraction of sp³-hybridized carbons (Fsp3) is 0.333. The van der Waals surface area contributed by atoms with Gasteiger partial charge in [-0.05, 0) is 0 Å². The Morgan fingerprint density at radius 2 is 1.58 bits per heavy atom. The van der Waals surface area contributed by atoms with Crippen molar-refractivity contribution < 1.29 is 69.9 Å². The van der Waals surface area contributed by atoms with Crippen LogP contribution in [0.3, 0.4) is 0 Å². The van der Waals surface area contributed by atoms with Gasteiger partial charge in [0, 0.05) is 0 Å². The summed E-state index contributed by atoms with van der Waals surface area (Å²) in [6.45, 7) is 6.42. The zero-order chi connectivity index (χ0) is 8.74. The molecule has 0 radical (unpaired) electrons. The maximum absolute atomic E-state index is 10.6. The van der Waals surface area contributed by atoms with E-state index in [0.717, 1.165) is 0 Å². The van der Waals surface area contributed by atoms with Crippen molar-refractivity contribution in [2.45, 2.75) is 0 Å². The third-order valence-electron chi connectivity index (χ3n) is 0.701. The predicted molar refractivity (Wildman–Crippen MR) is 39.9 cm³/mol. The Morgan fingerprint density at radius 1 is 1.25 bits per heavy atom. The fourth-order valence-electron chi connectivity index (χ4n) is 0.325. The standard InChI is InChI=1S/C6H11O4P.K/c1-3-5-9-11(7,8)10-6-4-2;/h3-4H,1-2,5-6H2,(H,7,8);/q;+1/p-1. The van der Waals surface area contributed by atoms with E-state index in [1.165, 1.54) is 12.2 Å². The van der Waals surface area contributed by atoms with Gasteiger partial charge < -0.3 is 13.9 Å². The normalized spacial score (nSPS) is 10.1. The van der Waals surface area contributed by atoms with Crippen LogP contribution in [0.15, 0.2) is 25.3 Å². The van der Waals surface area contributed by atoms with Gasteiger partial charge in [0.15, 0.2) is 0 Å². The van der Waals surface area contributed by atoms with Crippen molar-refractivity contribution >= 4 is 7.82 Å². The minimum Gasteiger partial charge on any atom is -0.756 e. The largest absolute Gasteiger partial charge is 1.00 e. The molecule has 0 aromatic carbocycles. The topological polar surface area (TPSA) is 58.6 Å². The summed E-state index contributed by atoms with van der Waals surface area (Å²) in [5.41, 5.74) is 0. The molecular weight excluding hydrogens is 206 g/mol. The van der Waals surface area contributed by atoms with Gasteiger partial charge in [-0.2, -0.15) is 0 Å². The van der Waals surface area contributed by atoms with E-state index in [-0.39, 0.29) is 64.6 Å². The summed E-state index contributed by atoms with van der Waals surface area (Å²) in [6, 6.07) is 0. The second-order valence-electron chi connectivity index (χ2n) is 1.62. The van der Waals surface area contributed by atoms with E-state index in [0.29, 0.717) is 0 Å². The van der Waals surface area contributed by atoms with Crippen LogP contribution in [-0.4, -0.2) is 13.2 Å². The first kappa shape index (κ1) is 15.7. The summed E-state index contributed by atoms with van der Waals surface area (Å²) in [6.07, 6.45) is 2.64. The van der Waals surface area contributed by atoms with Gasteiger partial charge in [-0.1, -0.05) is 12.2 Å². The monoisotopic (exact) mass is 216 g/mol. The maximum Gasteiger partial charge on any atom is 1.00 e. The van der Waals surface area contributed by atoms with Crippen LogP contribution >= 0.6 is 7.82 Å². The third kappa shape index (κ3) is 9.32. The Kier molecular flexibility index (Phi) is 11.5. The van der Waals surface area contributed by atoms with Crippen molar-refractivity contribution in [3.8, 4) is 0 Å². The third-order valence-corrected chi connectivity index (χ3v) is 1.63. The molecule has 0 N–H and O–H groups in total. The van der Waals surface area contributed by atoms with Crippen molar-refractivity contribution in [3.05, 3.63) is 25.3 Å². The van der Waals surface area contributed by atoms with Crippen molar-refractivity contribution in [3.63, 3.8) is 0 Å². The van der Waals surface area contributed by atoms with Crippen LogP contribution in [0.4, 0.5) is 0 Å². The van der Waals surface area contributed by atoms with E-state index in [4.69, 9.17) is 0 Å². The molecule has 64 valence electrons. The van der Waals surface area contributed by atoms with Crippen LogP contribution in [-0.2, 0) is 13.6 Å². The molecule has 0 bridgehead atoms. The number of phosphoric acid groups is 1. The summed E-state index contributed by atoms with van der Waals surface area (Å²) in [7, 11) is -4.12. The van der Waals surface area contributed by atoms with Crippen LogP contribution in [0.1, 0.15) is 0 Å². The molecule has 12 heavy (non-hydrogen) atoms. The van der Waals surface area contributed by atoms with Crippen LogP contribution in [0.2, 0.25) is 0 Å². The molecule has 6 heteroatoms. The first-order valence-electron chi connectivity index (χ1n) is 2.94. The van der Waals surface area contributed by atoms with Crippen molar-refractivity contribution in [2.24, 2.45) is 0 Å². The molecule has 0 aromatic heterocycles. The second-order valence-corrected chi connectivity index (χ2v) is 3.03. The Labute approximate surface area is 115 Å². The summed E-state index contributed by atoms with van der Waals surface area (Å²) < 4.78 is 19.2. The van der Waals surface area contributed by atoms with Gasteiger partial charge in [0.05, 0.1) is 13.2 Å². The van der Waals surface area contributed by atoms with Gasteiger partial charge in [0.1, 0.15) is 0 Å². The molecule has 0 amide bonds. The molecule has 0 aliphatic rings. The molecule has 0 spiro atoms. The van der Waals surface area contributed by atoms with Gasteiger partial charge in [-0.15, -0.1) is 13.2 Å². The molecule has 0 atom stereocenters. The first-order valence-corrected chi connectivity index (χ1v) is 4.40. The fourth-order valence-corrected chi connectivity index (χ4v) is 0.976. The van der Waals surface area contributed by atoms with Gasteiger partial charge >= 0.3 is 51.4 Å². The van der Waals surface area contributed by atoms with Gasteiger partial charge in [0.25, 0.3) is 7.82 Å². The summed E-state index contributed by atoms with van der Waals surface area (Å²) >= 11 is 0. The van der Waals surface area contributed by atoms with E-state index in [9.17, 15) is 9.46 Å². The minimum atomic E-state index is -4.12. The molecule has 0 unspecified atom stereocenters. The molecule has 0 rings (SSSR count). The Bertz CT molecular complexity index is 166. The zero-order valence-corrected chi connectivity index (χ0v) is 11.1. The molecule has 0 heterocycles. The molecule has 0 fully saturated rings. The second kappa shape index (κ2) is 8.81. The van der Waals surface area contributed by atoms with Crippen LogP contribution in [0, 0.1) is 0 Å². The van der Waals surface area contributed by atoms with Crippen molar-refractivity contribution in [2.75, 3.05) is 13.2 Å². The first-order chi connectivity index (χ1) is 5.12. The Balaban J connectivity index is 0.